The highest BCUT2D eigenvalue weighted by atomic mass is 79.9. The van der Waals surface area contributed by atoms with Crippen LogP contribution in [0, 0.1) is 0 Å². The summed E-state index contributed by atoms with van der Waals surface area (Å²) in [6, 6.07) is 3.13. The molecule has 0 bridgehead atoms. The van der Waals surface area contributed by atoms with Crippen molar-refractivity contribution in [2.75, 3.05) is 12.0 Å². The minimum absolute atomic E-state index is 0.248. The van der Waals surface area contributed by atoms with E-state index in [0.717, 1.165) is 6.26 Å². The molecule has 0 aromatic carbocycles. The van der Waals surface area contributed by atoms with Crippen molar-refractivity contribution in [1.29, 1.82) is 0 Å². The standard InChI is InChI=1S/C7H9BrO4S/c1-13(10,11)4-5(9)6-2-3-7(8)12-6/h2-3,5,9H,4H2,1H3. The summed E-state index contributed by atoms with van der Waals surface area (Å²) >= 11 is 3.05. The summed E-state index contributed by atoms with van der Waals surface area (Å²) in [5, 5.41) is 9.38. The third kappa shape index (κ3) is 3.50. The van der Waals surface area contributed by atoms with Crippen molar-refractivity contribution < 1.29 is 17.9 Å². The summed E-state index contributed by atoms with van der Waals surface area (Å²) in [5.41, 5.74) is 0. The SMILES string of the molecule is CS(=O)(=O)CC(O)c1ccc(Br)o1. The maximum atomic E-state index is 10.8. The normalized spacial score (nSPS) is 14.4. The summed E-state index contributed by atoms with van der Waals surface area (Å²) in [6.07, 6.45) is -0.0323. The zero-order valence-corrected chi connectivity index (χ0v) is 9.30. The van der Waals surface area contributed by atoms with Crippen LogP contribution in [0.2, 0.25) is 0 Å². The van der Waals surface area contributed by atoms with Gasteiger partial charge >= 0.3 is 0 Å². The fourth-order valence-electron chi connectivity index (χ4n) is 0.876. The molecular weight excluding hydrogens is 260 g/mol. The summed E-state index contributed by atoms with van der Waals surface area (Å²) in [5.74, 6) is -0.0789. The fourth-order valence-corrected chi connectivity index (χ4v) is 1.93. The Morgan fingerprint density at radius 2 is 2.23 bits per heavy atom. The molecule has 0 aliphatic rings. The molecule has 0 amide bonds. The van der Waals surface area contributed by atoms with Crippen molar-refractivity contribution in [3.05, 3.63) is 22.6 Å². The van der Waals surface area contributed by atoms with E-state index in [0.29, 0.717) is 4.67 Å². The Morgan fingerprint density at radius 1 is 1.62 bits per heavy atom. The highest BCUT2D eigenvalue weighted by Crippen LogP contribution is 2.21. The van der Waals surface area contributed by atoms with Crippen molar-refractivity contribution in [3.63, 3.8) is 0 Å². The van der Waals surface area contributed by atoms with Crippen LogP contribution in [0.4, 0.5) is 0 Å². The molecule has 0 radical (unpaired) electrons. The van der Waals surface area contributed by atoms with Crippen molar-refractivity contribution in [1.82, 2.24) is 0 Å². The second-order valence-corrected chi connectivity index (χ2v) is 5.72. The molecule has 1 N–H and O–H groups in total. The molecule has 6 heteroatoms. The molecule has 0 fully saturated rings. The molecule has 0 saturated heterocycles. The van der Waals surface area contributed by atoms with Gasteiger partial charge in [0, 0.05) is 6.26 Å². The second kappa shape index (κ2) is 3.81. The number of hydrogen-bond donors (Lipinski definition) is 1. The molecular formula is C7H9BrO4S. The Hall–Kier alpha value is -0.330. The van der Waals surface area contributed by atoms with Gasteiger partial charge in [-0.1, -0.05) is 0 Å². The number of sulfone groups is 1. The summed E-state index contributed by atoms with van der Waals surface area (Å²) < 4.78 is 27.1. The molecule has 13 heavy (non-hydrogen) atoms. The summed E-state index contributed by atoms with van der Waals surface area (Å²) in [6.45, 7) is 0. The minimum Gasteiger partial charge on any atom is -0.452 e. The molecule has 1 aromatic rings. The lowest BCUT2D eigenvalue weighted by atomic mass is 10.3. The second-order valence-electron chi connectivity index (χ2n) is 2.75. The zero-order valence-electron chi connectivity index (χ0n) is 6.90. The predicted molar refractivity (Wildman–Crippen MR) is 51.1 cm³/mol. The molecule has 1 heterocycles. The van der Waals surface area contributed by atoms with E-state index in [1.54, 1.807) is 6.07 Å². The van der Waals surface area contributed by atoms with Gasteiger partial charge < -0.3 is 9.52 Å². The fraction of sp³-hybridized carbons (Fsp3) is 0.429. The van der Waals surface area contributed by atoms with Gasteiger partial charge in [0.1, 0.15) is 21.7 Å². The van der Waals surface area contributed by atoms with Crippen molar-refractivity contribution in [2.24, 2.45) is 0 Å². The number of halogens is 1. The summed E-state index contributed by atoms with van der Waals surface area (Å²) in [4.78, 5) is 0. The van der Waals surface area contributed by atoms with Crippen LogP contribution in [0.25, 0.3) is 0 Å². The Balaban J connectivity index is 2.75. The zero-order chi connectivity index (χ0) is 10.1. The Kier molecular flexibility index (Phi) is 3.15. The first-order valence-electron chi connectivity index (χ1n) is 3.49. The van der Waals surface area contributed by atoms with Gasteiger partial charge in [-0.15, -0.1) is 0 Å². The predicted octanol–water partition coefficient (Wildman–Crippen LogP) is 1.12. The van der Waals surface area contributed by atoms with E-state index in [2.05, 4.69) is 15.9 Å². The first-order chi connectivity index (χ1) is 5.88. The van der Waals surface area contributed by atoms with E-state index in [1.165, 1.54) is 6.07 Å². The van der Waals surface area contributed by atoms with E-state index < -0.39 is 15.9 Å². The van der Waals surface area contributed by atoms with Gasteiger partial charge in [-0.05, 0) is 28.1 Å². The van der Waals surface area contributed by atoms with E-state index in [-0.39, 0.29) is 11.5 Å². The monoisotopic (exact) mass is 268 g/mol. The van der Waals surface area contributed by atoms with Crippen molar-refractivity contribution >= 4 is 25.8 Å². The van der Waals surface area contributed by atoms with E-state index >= 15 is 0 Å². The smallest absolute Gasteiger partial charge is 0.169 e. The van der Waals surface area contributed by atoms with Gasteiger partial charge in [-0.3, -0.25) is 0 Å². The van der Waals surface area contributed by atoms with Crippen LogP contribution >= 0.6 is 15.9 Å². The molecule has 1 aromatic heterocycles. The highest BCUT2D eigenvalue weighted by molar-refractivity contribution is 9.10. The Labute approximate surface area is 84.6 Å². The lowest BCUT2D eigenvalue weighted by Gasteiger charge is -2.04. The number of hydrogen-bond acceptors (Lipinski definition) is 4. The van der Waals surface area contributed by atoms with E-state index in [4.69, 9.17) is 4.42 Å². The lowest BCUT2D eigenvalue weighted by Crippen LogP contribution is -2.11. The third-order valence-electron chi connectivity index (χ3n) is 1.38. The molecule has 1 rings (SSSR count). The number of aliphatic hydroxyl groups excluding tert-OH is 1. The van der Waals surface area contributed by atoms with Crippen molar-refractivity contribution in [3.8, 4) is 0 Å². The van der Waals surface area contributed by atoms with Gasteiger partial charge in [0.15, 0.2) is 4.67 Å². The Bertz CT molecular complexity index is 381. The average molecular weight is 269 g/mol. The molecule has 0 aliphatic heterocycles. The minimum atomic E-state index is -3.19. The first kappa shape index (κ1) is 10.7. The topological polar surface area (TPSA) is 67.5 Å². The van der Waals surface area contributed by atoms with Gasteiger partial charge in [-0.2, -0.15) is 0 Å². The lowest BCUT2D eigenvalue weighted by molar-refractivity contribution is 0.170. The van der Waals surface area contributed by atoms with Gasteiger partial charge in [-0.25, -0.2) is 8.42 Å². The average Bonchev–Trinajstić information content (AvgIpc) is 2.31. The van der Waals surface area contributed by atoms with E-state index in [1.807, 2.05) is 0 Å². The van der Waals surface area contributed by atoms with Crippen molar-refractivity contribution in [2.45, 2.75) is 6.10 Å². The van der Waals surface area contributed by atoms with Gasteiger partial charge in [0.05, 0.1) is 5.75 Å². The quantitative estimate of drug-likeness (QED) is 0.892. The molecule has 1 atom stereocenters. The molecule has 0 saturated carbocycles. The van der Waals surface area contributed by atoms with Crippen LogP contribution in [0.1, 0.15) is 11.9 Å². The molecule has 74 valence electrons. The van der Waals surface area contributed by atoms with Crippen LogP contribution in [0.15, 0.2) is 21.2 Å². The van der Waals surface area contributed by atoms with Crippen LogP contribution < -0.4 is 0 Å². The number of rotatable bonds is 3. The van der Waals surface area contributed by atoms with E-state index in [9.17, 15) is 13.5 Å². The third-order valence-corrected chi connectivity index (χ3v) is 2.73. The molecule has 0 aliphatic carbocycles. The highest BCUT2D eigenvalue weighted by Gasteiger charge is 2.17. The maximum absolute atomic E-state index is 10.8. The van der Waals surface area contributed by atoms with Crippen LogP contribution in [0.5, 0.6) is 0 Å². The van der Waals surface area contributed by atoms with Gasteiger partial charge in [0.2, 0.25) is 0 Å². The number of aliphatic hydroxyl groups is 1. The summed E-state index contributed by atoms with van der Waals surface area (Å²) in [7, 11) is -3.19. The number of furan rings is 1. The van der Waals surface area contributed by atoms with Gasteiger partial charge in [0.25, 0.3) is 0 Å². The molecule has 4 nitrogen and oxygen atoms in total. The maximum Gasteiger partial charge on any atom is 0.169 e. The largest absolute Gasteiger partial charge is 0.452 e. The van der Waals surface area contributed by atoms with Crippen LogP contribution in [-0.2, 0) is 9.84 Å². The molecule has 0 spiro atoms. The van der Waals surface area contributed by atoms with Crippen LogP contribution in [-0.4, -0.2) is 25.5 Å². The first-order valence-corrected chi connectivity index (χ1v) is 6.35. The van der Waals surface area contributed by atoms with Crippen LogP contribution in [0.3, 0.4) is 0 Å². The molecule has 1 unspecified atom stereocenters. The Morgan fingerprint density at radius 3 is 2.62 bits per heavy atom.